The van der Waals surface area contributed by atoms with E-state index < -0.39 is 71.5 Å². The highest BCUT2D eigenvalue weighted by molar-refractivity contribution is 6.02. The number of amides is 2. The normalized spacial score (nSPS) is 12.4. The highest BCUT2D eigenvalue weighted by Gasteiger charge is 2.37. The van der Waals surface area contributed by atoms with Gasteiger partial charge in [0.05, 0.1) is 29.0 Å². The smallest absolute Gasteiger partial charge is 0.380 e. The fourth-order valence-electron chi connectivity index (χ4n) is 4.95. The molecule has 5 aromatic rings. The molecule has 5 rings (SSSR count). The number of tetrazole rings is 1. The Morgan fingerprint density at radius 3 is 2.10 bits per heavy atom. The van der Waals surface area contributed by atoms with Gasteiger partial charge in [-0.2, -0.15) is 26.3 Å². The summed E-state index contributed by atoms with van der Waals surface area (Å²) in [5.74, 6) is -2.99. The number of aromatic nitrogens is 4. The summed E-state index contributed by atoms with van der Waals surface area (Å²) in [6.45, 7) is 0. The Kier molecular flexibility index (Phi) is 9.58. The average molecular weight is 680 g/mol. The Morgan fingerprint density at radius 1 is 0.771 bits per heavy atom. The van der Waals surface area contributed by atoms with Gasteiger partial charge in [0.25, 0.3) is 0 Å². The molecule has 0 fully saturated rings. The van der Waals surface area contributed by atoms with Crippen LogP contribution in [-0.2, 0) is 12.6 Å². The summed E-state index contributed by atoms with van der Waals surface area (Å²) in [5, 5.41) is 20.7. The first-order valence-electron chi connectivity index (χ1n) is 13.9. The fraction of sp³-hybridized carbons (Fsp3) is 0.161. The van der Waals surface area contributed by atoms with Gasteiger partial charge in [-0.3, -0.25) is 0 Å². The van der Waals surface area contributed by atoms with E-state index in [1.807, 2.05) is 0 Å². The second kappa shape index (κ2) is 13.6. The molecule has 0 aliphatic carbocycles. The molecule has 2 amide bonds. The number of nitrogens with one attached hydrogen (secondary N) is 4. The van der Waals surface area contributed by atoms with Gasteiger partial charge in [-0.1, -0.05) is 36.4 Å². The van der Waals surface area contributed by atoms with Crippen LogP contribution >= 0.6 is 0 Å². The molecule has 1 aromatic heterocycles. The number of benzene rings is 4. The molecule has 4 N–H and O–H groups in total. The number of rotatable bonds is 9. The molecule has 1 atom stereocenters. The Morgan fingerprint density at radius 2 is 1.44 bits per heavy atom. The lowest BCUT2D eigenvalue weighted by Crippen LogP contribution is -2.30. The Hall–Kier alpha value is -5.61. The minimum atomic E-state index is -5.06. The van der Waals surface area contributed by atoms with Gasteiger partial charge in [0.1, 0.15) is 17.5 Å². The van der Waals surface area contributed by atoms with Crippen molar-refractivity contribution in [3.8, 4) is 22.5 Å². The molecule has 1 heterocycles. The van der Waals surface area contributed by atoms with Gasteiger partial charge < -0.3 is 16.0 Å². The van der Waals surface area contributed by atoms with Gasteiger partial charge in [0.2, 0.25) is 0 Å². The van der Waals surface area contributed by atoms with Crippen LogP contribution in [0, 0.1) is 17.5 Å². The number of nitrogens with zero attached hydrogens (tertiary/aromatic N) is 3. The molecule has 0 radical (unpaired) electrons. The number of alkyl halides is 6. The van der Waals surface area contributed by atoms with Crippen molar-refractivity contribution in [3.63, 3.8) is 0 Å². The number of carbonyl (C=O) groups is 1. The first kappa shape index (κ1) is 33.7. The van der Waals surface area contributed by atoms with Crippen molar-refractivity contribution >= 4 is 23.1 Å². The van der Waals surface area contributed by atoms with E-state index in [-0.39, 0.29) is 23.3 Å². The van der Waals surface area contributed by atoms with Crippen LogP contribution < -0.4 is 16.0 Å². The summed E-state index contributed by atoms with van der Waals surface area (Å²) in [6.07, 6.45) is -12.4. The van der Waals surface area contributed by atoms with Crippen LogP contribution in [0.15, 0.2) is 78.9 Å². The van der Waals surface area contributed by atoms with Crippen molar-refractivity contribution in [2.45, 2.75) is 31.2 Å². The Labute approximate surface area is 265 Å². The van der Waals surface area contributed by atoms with E-state index in [2.05, 4.69) is 36.6 Å². The Balaban J connectivity index is 1.54. The molecule has 0 bridgehead atoms. The number of halogens is 9. The summed E-state index contributed by atoms with van der Waals surface area (Å²) in [4.78, 5) is 13.0. The molecule has 0 saturated carbocycles. The van der Waals surface area contributed by atoms with Crippen LogP contribution in [0.3, 0.4) is 0 Å². The van der Waals surface area contributed by atoms with Crippen LogP contribution in [0.25, 0.3) is 22.5 Å². The van der Waals surface area contributed by atoms with Crippen molar-refractivity contribution in [2.75, 3.05) is 16.0 Å². The van der Waals surface area contributed by atoms with Gasteiger partial charge in [0.15, 0.2) is 5.82 Å². The van der Waals surface area contributed by atoms with E-state index >= 15 is 0 Å². The topological polar surface area (TPSA) is 108 Å². The van der Waals surface area contributed by atoms with E-state index in [1.165, 1.54) is 18.2 Å². The number of carbonyl (C=O) groups excluding carboxylic acids is 1. The minimum absolute atomic E-state index is 0.155. The third kappa shape index (κ3) is 8.40. The van der Waals surface area contributed by atoms with Crippen molar-refractivity contribution in [2.24, 2.45) is 0 Å². The summed E-state index contributed by atoms with van der Waals surface area (Å²) in [7, 11) is 0. The summed E-state index contributed by atoms with van der Waals surface area (Å²) in [5.41, 5.74) is -1.39. The maximum Gasteiger partial charge on any atom is 0.416 e. The molecular formula is C31H22F9N7O. The minimum Gasteiger partial charge on any atom is -0.380 e. The van der Waals surface area contributed by atoms with E-state index in [1.54, 1.807) is 24.3 Å². The van der Waals surface area contributed by atoms with Crippen molar-refractivity contribution in [1.82, 2.24) is 20.6 Å². The van der Waals surface area contributed by atoms with Gasteiger partial charge in [0, 0.05) is 17.7 Å². The molecule has 48 heavy (non-hydrogen) atoms. The number of H-pyrrole nitrogens is 1. The predicted octanol–water partition coefficient (Wildman–Crippen LogP) is 8.59. The molecule has 17 heteroatoms. The first-order chi connectivity index (χ1) is 22.7. The highest BCUT2D eigenvalue weighted by Crippen LogP contribution is 2.37. The number of urea groups is 1. The van der Waals surface area contributed by atoms with Crippen molar-refractivity contribution in [3.05, 3.63) is 107 Å². The molecule has 0 spiro atoms. The van der Waals surface area contributed by atoms with Gasteiger partial charge in [-0.25, -0.2) is 23.1 Å². The standard InChI is InChI=1S/C31H22F9N7O/c32-18-7-5-17(23(13-18)31(38,39)40)11-20(15-30(35,36)37)41-26-9-6-16(21-3-1-2-4-22(21)28-44-46-47-45-28)12-27(26)43-29(48)42-25-10-8-19(33)14-24(25)34/h1-10,12-14,20,41H,11,15H2,(H2,42,43,48)(H,44,45,46,47). The molecule has 0 aliphatic rings. The molecule has 4 aromatic carbocycles. The Bertz CT molecular complexity index is 1910. The van der Waals surface area contributed by atoms with Crippen molar-refractivity contribution in [1.29, 1.82) is 0 Å². The zero-order valence-corrected chi connectivity index (χ0v) is 24.1. The number of aromatic amines is 1. The lowest BCUT2D eigenvalue weighted by molar-refractivity contribution is -0.139. The molecule has 0 aliphatic heterocycles. The third-order valence-corrected chi connectivity index (χ3v) is 6.97. The lowest BCUT2D eigenvalue weighted by Gasteiger charge is -2.25. The number of hydrogen-bond acceptors (Lipinski definition) is 5. The van der Waals surface area contributed by atoms with E-state index in [9.17, 15) is 44.3 Å². The predicted molar refractivity (Wildman–Crippen MR) is 157 cm³/mol. The van der Waals surface area contributed by atoms with E-state index in [0.29, 0.717) is 28.8 Å². The average Bonchev–Trinajstić information content (AvgIpc) is 3.54. The third-order valence-electron chi connectivity index (χ3n) is 6.97. The SMILES string of the molecule is O=C(Nc1ccc(F)cc1F)Nc1cc(-c2ccccc2-c2nnn[nH]2)ccc1NC(Cc1ccc(F)cc1C(F)(F)F)CC(F)(F)F. The number of hydrogen-bond donors (Lipinski definition) is 4. The van der Waals surface area contributed by atoms with Crippen LogP contribution in [0.2, 0.25) is 0 Å². The molecule has 0 saturated heterocycles. The van der Waals surface area contributed by atoms with Gasteiger partial charge in [-0.05, 0) is 69.9 Å². The summed E-state index contributed by atoms with van der Waals surface area (Å²) < 4.78 is 124. The van der Waals surface area contributed by atoms with E-state index in [4.69, 9.17) is 0 Å². The summed E-state index contributed by atoms with van der Waals surface area (Å²) in [6, 6.07) is 12.0. The van der Waals surface area contributed by atoms with Crippen LogP contribution in [-0.4, -0.2) is 38.9 Å². The number of anilines is 3. The zero-order valence-electron chi connectivity index (χ0n) is 24.1. The molecule has 1 unspecified atom stereocenters. The van der Waals surface area contributed by atoms with Gasteiger partial charge in [-0.15, -0.1) is 5.10 Å². The second-order valence-electron chi connectivity index (χ2n) is 10.4. The lowest BCUT2D eigenvalue weighted by atomic mass is 9.96. The maximum absolute atomic E-state index is 14.2. The van der Waals surface area contributed by atoms with Crippen LogP contribution in [0.5, 0.6) is 0 Å². The van der Waals surface area contributed by atoms with E-state index in [0.717, 1.165) is 18.2 Å². The zero-order chi connectivity index (χ0) is 34.6. The van der Waals surface area contributed by atoms with Crippen LogP contribution in [0.4, 0.5) is 61.4 Å². The molecule has 250 valence electrons. The second-order valence-corrected chi connectivity index (χ2v) is 10.4. The summed E-state index contributed by atoms with van der Waals surface area (Å²) >= 11 is 0. The van der Waals surface area contributed by atoms with Crippen LogP contribution in [0.1, 0.15) is 17.5 Å². The first-order valence-corrected chi connectivity index (χ1v) is 13.9. The quantitative estimate of drug-likeness (QED) is 0.117. The highest BCUT2D eigenvalue weighted by atomic mass is 19.4. The largest absolute Gasteiger partial charge is 0.416 e. The molecular weight excluding hydrogens is 657 g/mol. The molecule has 8 nitrogen and oxygen atoms in total. The monoisotopic (exact) mass is 679 g/mol. The van der Waals surface area contributed by atoms with Gasteiger partial charge >= 0.3 is 18.4 Å². The van der Waals surface area contributed by atoms with Crippen molar-refractivity contribution < 1.29 is 44.3 Å². The fourth-order valence-corrected chi connectivity index (χ4v) is 4.95. The maximum atomic E-state index is 14.2.